The van der Waals surface area contributed by atoms with Gasteiger partial charge in [-0.15, -0.1) is 0 Å². The summed E-state index contributed by atoms with van der Waals surface area (Å²) in [6.07, 6.45) is 3.77. The van der Waals surface area contributed by atoms with E-state index in [1.165, 1.54) is 0 Å². The lowest BCUT2D eigenvalue weighted by Gasteiger charge is -2.24. The van der Waals surface area contributed by atoms with Crippen LogP contribution in [0.1, 0.15) is 47.3 Å². The Morgan fingerprint density at radius 1 is 1.26 bits per heavy atom. The van der Waals surface area contributed by atoms with E-state index in [-0.39, 0.29) is 24.3 Å². The molecule has 1 saturated carbocycles. The zero-order valence-electron chi connectivity index (χ0n) is 19.3. The molecular weight excluding hydrogens is 452 g/mol. The molecule has 34 heavy (non-hydrogen) atoms. The molecule has 5 rings (SSSR count). The van der Waals surface area contributed by atoms with E-state index in [1.54, 1.807) is 18.4 Å². The third-order valence-corrected chi connectivity index (χ3v) is 7.16. The summed E-state index contributed by atoms with van der Waals surface area (Å²) in [7, 11) is 1.64. The zero-order valence-corrected chi connectivity index (χ0v) is 20.2. The third-order valence-electron chi connectivity index (χ3n) is 6.49. The molecule has 1 aliphatic heterocycles. The Morgan fingerprint density at radius 3 is 2.79 bits per heavy atom. The summed E-state index contributed by atoms with van der Waals surface area (Å²) < 4.78 is 13.3. The van der Waals surface area contributed by atoms with Gasteiger partial charge >= 0.3 is 0 Å². The van der Waals surface area contributed by atoms with Crippen molar-refractivity contribution >= 4 is 23.2 Å². The van der Waals surface area contributed by atoms with Gasteiger partial charge in [-0.05, 0) is 49.3 Å². The van der Waals surface area contributed by atoms with E-state index in [1.807, 2.05) is 40.6 Å². The Kier molecular flexibility index (Phi) is 6.28. The van der Waals surface area contributed by atoms with Gasteiger partial charge in [-0.2, -0.15) is 16.4 Å². The maximum Gasteiger partial charge on any atom is 0.272 e. The third kappa shape index (κ3) is 4.16. The van der Waals surface area contributed by atoms with Crippen LogP contribution >= 0.6 is 11.3 Å². The number of fused-ring (bicyclic) bond motifs is 3. The number of hydrogen-bond donors (Lipinski definition) is 2. The Hall–Kier alpha value is -3.33. The van der Waals surface area contributed by atoms with Crippen molar-refractivity contribution in [3.05, 3.63) is 45.8 Å². The molecule has 9 heteroatoms. The molecule has 178 valence electrons. The summed E-state index contributed by atoms with van der Waals surface area (Å²) in [5.41, 5.74) is 4.75. The van der Waals surface area contributed by atoms with Crippen molar-refractivity contribution < 1.29 is 19.1 Å². The number of carbonyl (C=O) groups excluding carboxylic acids is 2. The molecule has 3 heterocycles. The molecule has 0 radical (unpaired) electrons. The highest BCUT2D eigenvalue weighted by Crippen LogP contribution is 2.43. The number of nitrogens with one attached hydrogen (secondary N) is 2. The van der Waals surface area contributed by atoms with Crippen molar-refractivity contribution in [2.45, 2.75) is 39.2 Å². The summed E-state index contributed by atoms with van der Waals surface area (Å²) in [5, 5.41) is 14.6. The van der Waals surface area contributed by atoms with Crippen LogP contribution in [0, 0.1) is 12.8 Å². The lowest BCUT2D eigenvalue weighted by molar-refractivity contribution is -0.127. The molecule has 1 fully saturated rings. The predicted molar refractivity (Wildman–Crippen MR) is 130 cm³/mol. The van der Waals surface area contributed by atoms with Gasteiger partial charge in [0.2, 0.25) is 5.91 Å². The van der Waals surface area contributed by atoms with Crippen molar-refractivity contribution in [1.82, 2.24) is 20.4 Å². The molecule has 3 aromatic rings. The fourth-order valence-electron chi connectivity index (χ4n) is 4.35. The van der Waals surface area contributed by atoms with Crippen molar-refractivity contribution in [3.63, 3.8) is 0 Å². The largest absolute Gasteiger partial charge is 0.496 e. The fourth-order valence-corrected chi connectivity index (χ4v) is 4.97. The van der Waals surface area contributed by atoms with Crippen molar-refractivity contribution in [2.24, 2.45) is 5.92 Å². The van der Waals surface area contributed by atoms with E-state index in [0.717, 1.165) is 53.1 Å². The van der Waals surface area contributed by atoms with E-state index in [0.29, 0.717) is 31.0 Å². The summed E-state index contributed by atoms with van der Waals surface area (Å²) in [6.45, 7) is 3.24. The molecule has 0 atom stereocenters. The normalized spacial score (nSPS) is 14.4. The first-order valence-electron chi connectivity index (χ1n) is 11.6. The van der Waals surface area contributed by atoms with Crippen LogP contribution in [0.15, 0.2) is 29.0 Å². The van der Waals surface area contributed by atoms with Crippen molar-refractivity contribution in [3.8, 4) is 28.4 Å². The van der Waals surface area contributed by atoms with Crippen molar-refractivity contribution in [2.75, 3.05) is 20.2 Å². The van der Waals surface area contributed by atoms with E-state index in [2.05, 4.69) is 10.6 Å². The lowest BCUT2D eigenvalue weighted by atomic mass is 9.85. The predicted octanol–water partition coefficient (Wildman–Crippen LogP) is 3.85. The minimum atomic E-state index is -0.243. The van der Waals surface area contributed by atoms with E-state index >= 15 is 0 Å². The molecule has 1 aliphatic carbocycles. The molecular formula is C25H28N4O4S. The first-order chi connectivity index (χ1) is 16.6. The number of rotatable bonds is 8. The molecule has 0 unspecified atom stereocenters. The van der Waals surface area contributed by atoms with Crippen molar-refractivity contribution in [1.29, 1.82) is 0 Å². The van der Waals surface area contributed by atoms with Gasteiger partial charge in [-0.25, -0.2) is 4.68 Å². The van der Waals surface area contributed by atoms with Crippen LogP contribution in [0.3, 0.4) is 0 Å². The Morgan fingerprint density at radius 2 is 2.09 bits per heavy atom. The number of carbonyl (C=O) groups is 2. The fraction of sp³-hybridized carbons (Fsp3) is 0.400. The van der Waals surface area contributed by atoms with Crippen LogP contribution < -0.4 is 20.1 Å². The molecule has 8 nitrogen and oxygen atoms in total. The van der Waals surface area contributed by atoms with E-state index in [9.17, 15) is 9.59 Å². The number of benzene rings is 1. The second kappa shape index (κ2) is 9.50. The number of ether oxygens (including phenoxy) is 2. The number of aryl methyl sites for hydroxylation is 1. The van der Waals surface area contributed by atoms with Gasteiger partial charge in [0.1, 0.15) is 18.1 Å². The number of methoxy groups -OCH3 is 1. The zero-order chi connectivity index (χ0) is 23.7. The average molecular weight is 481 g/mol. The second-order valence-electron chi connectivity index (χ2n) is 8.70. The quantitative estimate of drug-likeness (QED) is 0.478. The maximum absolute atomic E-state index is 13.1. The number of aromatic nitrogens is 2. The first kappa shape index (κ1) is 22.5. The number of thiophene rings is 1. The van der Waals surface area contributed by atoms with Crippen LogP contribution in [0.25, 0.3) is 16.9 Å². The van der Waals surface area contributed by atoms with Crippen LogP contribution in [0.2, 0.25) is 0 Å². The summed E-state index contributed by atoms with van der Waals surface area (Å²) in [4.78, 5) is 25.0. The monoisotopic (exact) mass is 480 g/mol. The smallest absolute Gasteiger partial charge is 0.272 e. The molecule has 0 spiro atoms. The van der Waals surface area contributed by atoms with E-state index < -0.39 is 0 Å². The van der Waals surface area contributed by atoms with Gasteiger partial charge in [-0.3, -0.25) is 9.59 Å². The van der Waals surface area contributed by atoms with Gasteiger partial charge < -0.3 is 20.1 Å². The topological polar surface area (TPSA) is 94.5 Å². The van der Waals surface area contributed by atoms with Crippen LogP contribution in [0.4, 0.5) is 0 Å². The van der Waals surface area contributed by atoms with Gasteiger partial charge in [0.25, 0.3) is 5.91 Å². The summed E-state index contributed by atoms with van der Waals surface area (Å²) in [5.74, 6) is 1.53. The minimum Gasteiger partial charge on any atom is -0.496 e. The Balaban J connectivity index is 1.36. The summed E-state index contributed by atoms with van der Waals surface area (Å²) >= 11 is 1.58. The molecule has 2 aromatic heterocycles. The number of hydrogen-bond acceptors (Lipinski definition) is 6. The van der Waals surface area contributed by atoms with Crippen LogP contribution in [-0.4, -0.2) is 41.8 Å². The molecule has 1 aromatic carbocycles. The number of amides is 2. The van der Waals surface area contributed by atoms with Gasteiger partial charge in [0.05, 0.1) is 18.5 Å². The molecule has 0 bridgehead atoms. The van der Waals surface area contributed by atoms with Gasteiger partial charge in [0, 0.05) is 41.6 Å². The SMILES string of the molecule is COc1cc2c(cc1C)-c1c(c(C(=O)NCCCNC(=O)C3CCC3)nn1-c1ccsc1)CO2. The molecule has 2 aliphatic rings. The first-order valence-corrected chi connectivity index (χ1v) is 12.5. The number of nitrogens with zero attached hydrogens (tertiary/aromatic N) is 2. The highest BCUT2D eigenvalue weighted by molar-refractivity contribution is 7.08. The van der Waals surface area contributed by atoms with Crippen LogP contribution in [-0.2, 0) is 11.4 Å². The Labute approximate surface area is 202 Å². The molecule has 0 saturated heterocycles. The van der Waals surface area contributed by atoms with Gasteiger partial charge in [0.15, 0.2) is 5.69 Å². The minimum absolute atomic E-state index is 0.129. The lowest BCUT2D eigenvalue weighted by Crippen LogP contribution is -2.36. The average Bonchev–Trinajstić information content (AvgIpc) is 3.45. The second-order valence-corrected chi connectivity index (χ2v) is 9.48. The molecule has 2 N–H and O–H groups in total. The highest BCUT2D eigenvalue weighted by atomic mass is 32.1. The Bertz CT molecular complexity index is 1210. The summed E-state index contributed by atoms with van der Waals surface area (Å²) in [6, 6.07) is 5.88. The van der Waals surface area contributed by atoms with Crippen LogP contribution in [0.5, 0.6) is 11.5 Å². The van der Waals surface area contributed by atoms with Gasteiger partial charge in [-0.1, -0.05) is 6.42 Å². The maximum atomic E-state index is 13.1. The standard InChI is InChI=1S/C25H28N4O4S/c1-15-11-18-21(12-20(15)32-2)33-13-19-22(28-29(23(18)19)17-7-10-34-14-17)25(31)27-9-4-8-26-24(30)16-5-3-6-16/h7,10-12,14,16H,3-6,8-9,13H2,1-2H3,(H,26,30)(H,27,31). The highest BCUT2D eigenvalue weighted by Gasteiger charge is 2.31. The molecule has 2 amide bonds. The van der Waals surface area contributed by atoms with E-state index in [4.69, 9.17) is 14.6 Å².